The van der Waals surface area contributed by atoms with Gasteiger partial charge in [-0.25, -0.2) is 0 Å². The van der Waals surface area contributed by atoms with E-state index in [-0.39, 0.29) is 0 Å². The summed E-state index contributed by atoms with van der Waals surface area (Å²) in [5, 5.41) is 0. The Bertz CT molecular complexity index is 402. The van der Waals surface area contributed by atoms with Crippen LogP contribution in [0.4, 0.5) is 0 Å². The number of rotatable bonds is 4. The molecule has 0 aromatic rings. The van der Waals surface area contributed by atoms with Gasteiger partial charge < -0.3 is 0 Å². The first kappa shape index (κ1) is 12.8. The first-order chi connectivity index (χ1) is 8.35. The molecule has 1 heteroatoms. The van der Waals surface area contributed by atoms with Gasteiger partial charge in [-0.05, 0) is 0 Å². The molecule has 0 nitrogen and oxygen atoms in total. The summed E-state index contributed by atoms with van der Waals surface area (Å²) >= 11 is -0.730. The van der Waals surface area contributed by atoms with E-state index in [1.807, 2.05) is 0 Å². The topological polar surface area (TPSA) is 0 Å². The monoisotopic (exact) mass is 390 g/mol. The first-order valence-corrected chi connectivity index (χ1v) is 10.3. The molecule has 0 amide bonds. The van der Waals surface area contributed by atoms with E-state index in [0.717, 1.165) is 7.35 Å². The average molecular weight is 389 g/mol. The van der Waals surface area contributed by atoms with Crippen molar-refractivity contribution >= 4 is 0 Å². The van der Waals surface area contributed by atoms with E-state index in [9.17, 15) is 0 Å². The molecule has 0 N–H and O–H groups in total. The molecule has 0 heterocycles. The van der Waals surface area contributed by atoms with Crippen LogP contribution in [-0.4, -0.2) is 0 Å². The van der Waals surface area contributed by atoms with Crippen LogP contribution in [0.3, 0.4) is 0 Å². The van der Waals surface area contributed by atoms with Crippen LogP contribution in [0.2, 0.25) is 7.35 Å². The SMILES string of the molecule is CC=CC1=CC=C[CH]1[Hf][CH]1C=CC=C1C=CC. The molecule has 2 rings (SSSR count). The fourth-order valence-electron chi connectivity index (χ4n) is 2.19. The van der Waals surface area contributed by atoms with Crippen LogP contribution in [0, 0.1) is 0 Å². The fourth-order valence-corrected chi connectivity index (χ4v) is 7.94. The van der Waals surface area contributed by atoms with Gasteiger partial charge >= 0.3 is 116 Å². The van der Waals surface area contributed by atoms with Gasteiger partial charge in [0.05, 0.1) is 0 Å². The van der Waals surface area contributed by atoms with Gasteiger partial charge in [0, 0.05) is 0 Å². The molecule has 86 valence electrons. The van der Waals surface area contributed by atoms with Crippen molar-refractivity contribution in [3.63, 3.8) is 0 Å². The zero-order valence-corrected chi connectivity index (χ0v) is 14.0. The molecule has 0 aromatic carbocycles. The average Bonchev–Trinajstić information content (AvgIpc) is 2.92. The van der Waals surface area contributed by atoms with Crippen molar-refractivity contribution in [2.45, 2.75) is 21.2 Å². The molecule has 0 aliphatic heterocycles. The van der Waals surface area contributed by atoms with Crippen LogP contribution in [0.15, 0.2) is 71.9 Å². The van der Waals surface area contributed by atoms with E-state index >= 15 is 0 Å². The third-order valence-electron chi connectivity index (χ3n) is 2.98. The molecule has 0 aromatic heterocycles. The Morgan fingerprint density at radius 1 is 0.882 bits per heavy atom. The predicted molar refractivity (Wildman–Crippen MR) is 71.6 cm³/mol. The quantitative estimate of drug-likeness (QED) is 0.607. The first-order valence-electron chi connectivity index (χ1n) is 6.13. The Hall–Kier alpha value is -0.690. The molecular formula is C16H18Hf. The second kappa shape index (κ2) is 6.30. The zero-order chi connectivity index (χ0) is 12.1. The van der Waals surface area contributed by atoms with Crippen LogP contribution in [0.5, 0.6) is 0 Å². The van der Waals surface area contributed by atoms with Crippen LogP contribution >= 0.6 is 0 Å². The fraction of sp³-hybridized carbons (Fsp3) is 0.250. The van der Waals surface area contributed by atoms with Crippen molar-refractivity contribution in [1.82, 2.24) is 0 Å². The minimum atomic E-state index is -0.730. The summed E-state index contributed by atoms with van der Waals surface area (Å²) in [6.45, 7) is 4.20. The van der Waals surface area contributed by atoms with Crippen molar-refractivity contribution in [3.05, 3.63) is 71.9 Å². The van der Waals surface area contributed by atoms with Crippen LogP contribution in [0.1, 0.15) is 13.8 Å². The van der Waals surface area contributed by atoms with Crippen LogP contribution in [0.25, 0.3) is 0 Å². The normalized spacial score (nSPS) is 27.2. The summed E-state index contributed by atoms with van der Waals surface area (Å²) in [6.07, 6.45) is 22.7. The molecule has 0 radical (unpaired) electrons. The minimum absolute atomic E-state index is 0.730. The maximum absolute atomic E-state index is 2.40. The van der Waals surface area contributed by atoms with E-state index in [1.54, 1.807) is 0 Å². The molecule has 0 bridgehead atoms. The van der Waals surface area contributed by atoms with Gasteiger partial charge in [0.1, 0.15) is 0 Å². The number of allylic oxidation sites excluding steroid dienone is 12. The number of hydrogen-bond acceptors (Lipinski definition) is 0. The summed E-state index contributed by atoms with van der Waals surface area (Å²) in [4.78, 5) is 0. The van der Waals surface area contributed by atoms with E-state index < -0.39 is 22.9 Å². The van der Waals surface area contributed by atoms with Gasteiger partial charge in [-0.15, -0.1) is 0 Å². The van der Waals surface area contributed by atoms with E-state index in [0.29, 0.717) is 0 Å². The molecule has 0 spiro atoms. The van der Waals surface area contributed by atoms with Gasteiger partial charge in [-0.3, -0.25) is 0 Å². The Kier molecular flexibility index (Phi) is 4.73. The third-order valence-corrected chi connectivity index (χ3v) is 9.34. The molecule has 17 heavy (non-hydrogen) atoms. The predicted octanol–water partition coefficient (Wildman–Crippen LogP) is 4.79. The molecule has 2 aliphatic carbocycles. The van der Waals surface area contributed by atoms with Crippen molar-refractivity contribution in [3.8, 4) is 0 Å². The van der Waals surface area contributed by atoms with E-state index in [4.69, 9.17) is 0 Å². The van der Waals surface area contributed by atoms with Crippen molar-refractivity contribution in [2.75, 3.05) is 0 Å². The maximum atomic E-state index is 2.40. The third kappa shape index (κ3) is 3.16. The molecule has 2 unspecified atom stereocenters. The van der Waals surface area contributed by atoms with Gasteiger partial charge in [0.25, 0.3) is 0 Å². The summed E-state index contributed by atoms with van der Waals surface area (Å²) in [5.74, 6) is 0. The summed E-state index contributed by atoms with van der Waals surface area (Å²) in [5.41, 5.74) is 3.05. The molecule has 0 saturated heterocycles. The summed E-state index contributed by atoms with van der Waals surface area (Å²) < 4.78 is 1.54. The molecule has 0 fully saturated rings. The van der Waals surface area contributed by atoms with Crippen LogP contribution < -0.4 is 0 Å². The van der Waals surface area contributed by atoms with Gasteiger partial charge in [-0.2, -0.15) is 0 Å². The molecular weight excluding hydrogens is 371 g/mol. The molecule has 2 atom stereocenters. The Balaban J connectivity index is 2.02. The second-order valence-corrected chi connectivity index (χ2v) is 9.89. The molecule has 2 aliphatic rings. The second-order valence-electron chi connectivity index (χ2n) is 4.23. The summed E-state index contributed by atoms with van der Waals surface area (Å²) in [7, 11) is 0. The number of hydrogen-bond donors (Lipinski definition) is 0. The molecule has 0 saturated carbocycles. The van der Waals surface area contributed by atoms with Gasteiger partial charge in [-0.1, -0.05) is 0 Å². The van der Waals surface area contributed by atoms with Crippen LogP contribution in [-0.2, 0) is 22.9 Å². The van der Waals surface area contributed by atoms with Crippen molar-refractivity contribution < 1.29 is 22.9 Å². The summed E-state index contributed by atoms with van der Waals surface area (Å²) in [6, 6.07) is 0. The van der Waals surface area contributed by atoms with Crippen molar-refractivity contribution in [1.29, 1.82) is 0 Å². The van der Waals surface area contributed by atoms with Crippen molar-refractivity contribution in [2.24, 2.45) is 0 Å². The van der Waals surface area contributed by atoms with E-state index in [1.165, 1.54) is 11.1 Å². The van der Waals surface area contributed by atoms with E-state index in [2.05, 4.69) is 74.6 Å². The Labute approximate surface area is 116 Å². The zero-order valence-electron chi connectivity index (χ0n) is 10.4. The Morgan fingerprint density at radius 2 is 1.35 bits per heavy atom. The standard InChI is InChI=1S/2C8H9.Hf/c2*1-2-5-8-6-3-4-7-8;/h2*2-7H,1H3;. The van der Waals surface area contributed by atoms with Gasteiger partial charge in [0.15, 0.2) is 0 Å². The van der Waals surface area contributed by atoms with Gasteiger partial charge in [0.2, 0.25) is 0 Å². The Morgan fingerprint density at radius 3 is 1.76 bits per heavy atom.